The van der Waals surface area contributed by atoms with Gasteiger partial charge in [-0.2, -0.15) is 0 Å². The Labute approximate surface area is 193 Å². The van der Waals surface area contributed by atoms with Crippen molar-refractivity contribution in [3.05, 3.63) is 81.8 Å². The van der Waals surface area contributed by atoms with Crippen LogP contribution in [0, 0.1) is 0 Å². The number of aromatic nitrogens is 1. The molecule has 0 bridgehead atoms. The fourth-order valence-electron chi connectivity index (χ4n) is 3.41. The van der Waals surface area contributed by atoms with Gasteiger partial charge in [-0.1, -0.05) is 24.3 Å². The van der Waals surface area contributed by atoms with Crippen molar-refractivity contribution in [2.24, 2.45) is 0 Å². The number of nitrogens with one attached hydrogen (secondary N) is 2. The minimum absolute atomic E-state index is 0.235. The maximum Gasteiger partial charge on any atom is 0.255 e. The summed E-state index contributed by atoms with van der Waals surface area (Å²) < 4.78 is 30.9. The van der Waals surface area contributed by atoms with E-state index in [1.54, 1.807) is 62.5 Å². The number of hydrogen-bond donors (Lipinski definition) is 2. The van der Waals surface area contributed by atoms with E-state index in [-0.39, 0.29) is 5.56 Å². The van der Waals surface area contributed by atoms with E-state index in [2.05, 4.69) is 9.71 Å². The van der Waals surface area contributed by atoms with Crippen LogP contribution in [0.5, 0.6) is 5.75 Å². The smallest absolute Gasteiger partial charge is 0.255 e. The molecule has 3 aromatic rings. The molecule has 0 aliphatic heterocycles. The quantitative estimate of drug-likeness (QED) is 0.385. The molecule has 0 spiro atoms. The van der Waals surface area contributed by atoms with Crippen LogP contribution < -0.4 is 15.0 Å². The number of benzene rings is 2. The lowest BCUT2D eigenvalue weighted by Crippen LogP contribution is -2.20. The van der Waals surface area contributed by atoms with Gasteiger partial charge >= 0.3 is 0 Å². The molecule has 0 saturated carbocycles. The van der Waals surface area contributed by atoms with Crippen LogP contribution >= 0.6 is 0 Å². The van der Waals surface area contributed by atoms with Crippen molar-refractivity contribution in [3.8, 4) is 16.9 Å². The molecule has 0 aliphatic carbocycles. The number of hydrogen-bond acceptors (Lipinski definition) is 5. The van der Waals surface area contributed by atoms with Crippen molar-refractivity contribution in [1.29, 1.82) is 0 Å². The number of aldehydes is 1. The van der Waals surface area contributed by atoms with Crippen molar-refractivity contribution >= 4 is 34.1 Å². The minimum Gasteiger partial charge on any atom is -0.496 e. The second-order valence-corrected chi connectivity index (χ2v) is 9.98. The van der Waals surface area contributed by atoms with E-state index in [1.165, 1.54) is 7.11 Å². The highest BCUT2D eigenvalue weighted by atomic mass is 32.2. The summed E-state index contributed by atoms with van der Waals surface area (Å²) in [5.74, 6) is 0.537. The van der Waals surface area contributed by atoms with Crippen LogP contribution in [0.2, 0.25) is 0 Å². The lowest BCUT2D eigenvalue weighted by molar-refractivity contribution is -0.111. The van der Waals surface area contributed by atoms with Crippen LogP contribution in [-0.2, 0) is 20.2 Å². The van der Waals surface area contributed by atoms with E-state index < -0.39 is 15.4 Å². The zero-order valence-electron chi connectivity index (χ0n) is 18.9. The van der Waals surface area contributed by atoms with Gasteiger partial charge in [-0.05, 0) is 61.4 Å². The molecule has 7 nitrogen and oxygen atoms in total. The Morgan fingerprint density at radius 1 is 1.06 bits per heavy atom. The van der Waals surface area contributed by atoms with Gasteiger partial charge in [0.1, 0.15) is 12.0 Å². The molecule has 1 aromatic heterocycles. The highest BCUT2D eigenvalue weighted by Crippen LogP contribution is 2.37. The summed E-state index contributed by atoms with van der Waals surface area (Å²) in [6.07, 6.45) is 7.19. The Kier molecular flexibility index (Phi) is 6.88. The fourth-order valence-corrected chi connectivity index (χ4v) is 3.98. The van der Waals surface area contributed by atoms with Gasteiger partial charge in [-0.15, -0.1) is 0 Å². The van der Waals surface area contributed by atoms with Gasteiger partial charge in [-0.25, -0.2) is 8.42 Å². The zero-order chi connectivity index (χ0) is 24.2. The van der Waals surface area contributed by atoms with E-state index in [4.69, 9.17) is 4.74 Å². The Bertz CT molecular complexity index is 1350. The van der Waals surface area contributed by atoms with Gasteiger partial charge in [0.15, 0.2) is 0 Å². The zero-order valence-corrected chi connectivity index (χ0v) is 19.7. The van der Waals surface area contributed by atoms with Crippen molar-refractivity contribution in [2.75, 3.05) is 18.1 Å². The van der Waals surface area contributed by atoms with Gasteiger partial charge in [0.2, 0.25) is 10.0 Å². The number of carbonyl (C=O) groups is 1. The highest BCUT2D eigenvalue weighted by molar-refractivity contribution is 7.92. The molecule has 3 rings (SSSR count). The molecule has 0 amide bonds. The number of ether oxygens (including phenoxy) is 1. The van der Waals surface area contributed by atoms with Crippen molar-refractivity contribution in [2.45, 2.75) is 19.3 Å². The lowest BCUT2D eigenvalue weighted by atomic mass is 9.82. The molecule has 0 radical (unpaired) electrons. The van der Waals surface area contributed by atoms with Gasteiger partial charge in [0.05, 0.1) is 13.4 Å². The number of sulfonamides is 1. The van der Waals surface area contributed by atoms with Crippen molar-refractivity contribution in [1.82, 2.24) is 4.98 Å². The summed E-state index contributed by atoms with van der Waals surface area (Å²) in [4.78, 5) is 26.9. The molecular weight excluding hydrogens is 440 g/mol. The fraction of sp³-hybridized carbons (Fsp3) is 0.200. The average molecular weight is 467 g/mol. The normalized spacial score (nSPS) is 12.0. The molecular formula is C25H26N2O5S. The summed E-state index contributed by atoms with van der Waals surface area (Å²) in [5.41, 5.74) is 2.72. The standard InChI is InChI=1S/C25H26N2O5S/c1-25(2,16-28)22-15-19(21-6-5-13-26-24(21)29)14-18(23(22)32-3)10-7-17-8-11-20(12-9-17)27-33(4,30)31/h5-16,27H,1-4H3,(H,26,29). The number of anilines is 1. The number of methoxy groups -OCH3 is 1. The topological polar surface area (TPSA) is 105 Å². The summed E-state index contributed by atoms with van der Waals surface area (Å²) >= 11 is 0. The highest BCUT2D eigenvalue weighted by Gasteiger charge is 2.26. The van der Waals surface area contributed by atoms with Gasteiger partial charge in [0, 0.05) is 34.0 Å². The first-order valence-electron chi connectivity index (χ1n) is 10.2. The van der Waals surface area contributed by atoms with E-state index in [0.29, 0.717) is 33.7 Å². The Morgan fingerprint density at radius 3 is 2.33 bits per heavy atom. The first-order valence-corrected chi connectivity index (χ1v) is 12.1. The summed E-state index contributed by atoms with van der Waals surface area (Å²) in [6.45, 7) is 3.58. The molecule has 0 atom stereocenters. The molecule has 1 heterocycles. The maximum absolute atomic E-state index is 12.4. The van der Waals surface area contributed by atoms with E-state index in [1.807, 2.05) is 18.2 Å². The molecule has 2 N–H and O–H groups in total. The van der Waals surface area contributed by atoms with Crippen LogP contribution in [0.3, 0.4) is 0 Å². The largest absolute Gasteiger partial charge is 0.496 e. The van der Waals surface area contributed by atoms with Crippen LogP contribution in [0.4, 0.5) is 5.69 Å². The molecule has 0 fully saturated rings. The molecule has 2 aromatic carbocycles. The maximum atomic E-state index is 12.4. The van der Waals surface area contributed by atoms with Gasteiger partial charge in [-0.3, -0.25) is 9.52 Å². The van der Waals surface area contributed by atoms with E-state index in [0.717, 1.165) is 18.1 Å². The van der Waals surface area contributed by atoms with Crippen LogP contribution in [-0.4, -0.2) is 33.1 Å². The summed E-state index contributed by atoms with van der Waals surface area (Å²) in [5, 5.41) is 0. The lowest BCUT2D eigenvalue weighted by Gasteiger charge is -2.23. The molecule has 0 aliphatic rings. The predicted octanol–water partition coefficient (Wildman–Crippen LogP) is 4.07. The van der Waals surface area contributed by atoms with Gasteiger partial charge in [0.25, 0.3) is 5.56 Å². The second kappa shape index (κ2) is 9.46. The second-order valence-electron chi connectivity index (χ2n) is 8.23. The molecule has 33 heavy (non-hydrogen) atoms. The third kappa shape index (κ3) is 5.78. The first-order chi connectivity index (χ1) is 15.5. The Morgan fingerprint density at radius 2 is 1.76 bits per heavy atom. The van der Waals surface area contributed by atoms with Gasteiger partial charge < -0.3 is 14.5 Å². The summed E-state index contributed by atoms with van der Waals surface area (Å²) in [7, 11) is -1.81. The van der Waals surface area contributed by atoms with E-state index in [9.17, 15) is 18.0 Å². The third-order valence-electron chi connectivity index (χ3n) is 5.11. The number of carbonyl (C=O) groups excluding carboxylic acids is 1. The molecule has 0 unspecified atom stereocenters. The monoisotopic (exact) mass is 466 g/mol. The van der Waals surface area contributed by atoms with Crippen molar-refractivity contribution in [3.63, 3.8) is 0 Å². The molecule has 0 saturated heterocycles. The first kappa shape index (κ1) is 24.0. The van der Waals surface area contributed by atoms with Crippen LogP contribution in [0.1, 0.15) is 30.5 Å². The summed E-state index contributed by atoms with van der Waals surface area (Å²) in [6, 6.07) is 14.0. The number of aromatic amines is 1. The van der Waals surface area contributed by atoms with Crippen LogP contribution in [0.15, 0.2) is 59.5 Å². The average Bonchev–Trinajstić information content (AvgIpc) is 2.77. The minimum atomic E-state index is -3.35. The molecule has 8 heteroatoms. The third-order valence-corrected chi connectivity index (χ3v) is 5.72. The number of rotatable bonds is 8. The SMILES string of the molecule is COc1c(C=Cc2ccc(NS(C)(=O)=O)cc2)cc(-c2ccc[nH]c2=O)cc1C(C)(C)C=O. The number of pyridine rings is 1. The van der Waals surface area contributed by atoms with Crippen molar-refractivity contribution < 1.29 is 17.9 Å². The number of H-pyrrole nitrogens is 1. The van der Waals surface area contributed by atoms with E-state index >= 15 is 0 Å². The Hall–Kier alpha value is -3.65. The predicted molar refractivity (Wildman–Crippen MR) is 132 cm³/mol. The van der Waals surface area contributed by atoms with Crippen LogP contribution in [0.25, 0.3) is 23.3 Å². The Balaban J connectivity index is 2.11. The molecule has 172 valence electrons.